The molecule has 2 aliphatic heterocycles. The molecule has 0 radical (unpaired) electrons. The third-order valence-electron chi connectivity index (χ3n) is 3.91. The second-order valence-corrected chi connectivity index (χ2v) is 8.85. The van der Waals surface area contributed by atoms with E-state index in [2.05, 4.69) is 4.37 Å². The fraction of sp³-hybridized carbons (Fsp3) is 0.667. The van der Waals surface area contributed by atoms with Crippen LogP contribution in [0, 0.1) is 5.92 Å². The third kappa shape index (κ3) is 2.88. The van der Waals surface area contributed by atoms with Crippen LogP contribution in [0.4, 0.5) is 4.79 Å². The molecule has 2 aliphatic rings. The Morgan fingerprint density at radius 2 is 2.27 bits per heavy atom. The van der Waals surface area contributed by atoms with E-state index in [0.717, 1.165) is 15.7 Å². The van der Waals surface area contributed by atoms with Crippen molar-refractivity contribution in [3.05, 3.63) is 17.1 Å². The van der Waals surface area contributed by atoms with Gasteiger partial charge >= 0.3 is 6.09 Å². The van der Waals surface area contributed by atoms with Crippen molar-refractivity contribution in [1.29, 1.82) is 0 Å². The Kier molecular flexibility index (Phi) is 3.97. The summed E-state index contributed by atoms with van der Waals surface area (Å²) in [6.45, 7) is 8.99. The van der Waals surface area contributed by atoms with Crippen LogP contribution < -0.4 is 0 Å². The Hall–Kier alpha value is -1.08. The van der Waals surface area contributed by atoms with E-state index < -0.39 is 5.60 Å². The van der Waals surface area contributed by atoms with E-state index in [9.17, 15) is 4.79 Å². The van der Waals surface area contributed by atoms with Crippen molar-refractivity contribution in [2.75, 3.05) is 18.8 Å². The van der Waals surface area contributed by atoms with Gasteiger partial charge in [-0.1, -0.05) is 0 Å². The molecular weight excluding hydrogens is 318 g/mol. The van der Waals surface area contributed by atoms with Crippen LogP contribution in [0.15, 0.2) is 17.3 Å². The van der Waals surface area contributed by atoms with Gasteiger partial charge in [0.15, 0.2) is 0 Å². The maximum absolute atomic E-state index is 12.4. The van der Waals surface area contributed by atoms with Crippen molar-refractivity contribution in [2.24, 2.45) is 10.9 Å². The zero-order valence-electron chi connectivity index (χ0n) is 13.3. The van der Waals surface area contributed by atoms with Crippen LogP contribution in [0.25, 0.3) is 0 Å². The molecule has 1 amide bonds. The van der Waals surface area contributed by atoms with Crippen molar-refractivity contribution < 1.29 is 9.53 Å². The number of fused-ring (bicyclic) bond motifs is 1. The van der Waals surface area contributed by atoms with Gasteiger partial charge in [-0.25, -0.2) is 9.17 Å². The minimum atomic E-state index is -0.476. The second-order valence-electron chi connectivity index (χ2n) is 6.80. The zero-order valence-corrected chi connectivity index (χ0v) is 15.0. The summed E-state index contributed by atoms with van der Waals surface area (Å²) in [6.07, 6.45) is 1.57. The molecule has 7 heteroatoms. The van der Waals surface area contributed by atoms with Crippen LogP contribution in [0.5, 0.6) is 0 Å². The normalized spacial score (nSPS) is 28.3. The van der Waals surface area contributed by atoms with Gasteiger partial charge in [0.25, 0.3) is 0 Å². The number of ether oxygens (including phenoxy) is 1. The number of amides is 1. The molecule has 120 valence electrons. The first kappa shape index (κ1) is 15.8. The highest BCUT2D eigenvalue weighted by Gasteiger charge is 2.52. The van der Waals surface area contributed by atoms with Crippen molar-refractivity contribution in [3.63, 3.8) is 0 Å². The van der Waals surface area contributed by atoms with Crippen molar-refractivity contribution in [3.8, 4) is 0 Å². The van der Waals surface area contributed by atoms with E-state index in [1.54, 1.807) is 16.7 Å². The monoisotopic (exact) mass is 339 g/mol. The molecule has 0 N–H and O–H groups in total. The second kappa shape index (κ2) is 5.53. The molecule has 1 fully saturated rings. The van der Waals surface area contributed by atoms with Crippen molar-refractivity contribution in [2.45, 2.75) is 38.8 Å². The van der Waals surface area contributed by atoms with E-state index in [4.69, 9.17) is 9.73 Å². The molecule has 22 heavy (non-hydrogen) atoms. The highest BCUT2D eigenvalue weighted by atomic mass is 32.2. The minimum absolute atomic E-state index is 0.247. The first-order valence-corrected chi connectivity index (χ1v) is 9.14. The topological polar surface area (TPSA) is 54.8 Å². The summed E-state index contributed by atoms with van der Waals surface area (Å²) in [5.74, 6) is 1.29. The van der Waals surface area contributed by atoms with Crippen LogP contribution in [0.3, 0.4) is 0 Å². The molecule has 3 heterocycles. The molecule has 2 atom stereocenters. The van der Waals surface area contributed by atoms with Gasteiger partial charge in [-0.2, -0.15) is 0 Å². The number of hydrogen-bond acceptors (Lipinski definition) is 6. The lowest BCUT2D eigenvalue weighted by Gasteiger charge is -2.33. The molecule has 0 bridgehead atoms. The van der Waals surface area contributed by atoms with E-state index in [0.29, 0.717) is 19.0 Å². The fourth-order valence-electron chi connectivity index (χ4n) is 2.99. The van der Waals surface area contributed by atoms with E-state index in [1.165, 1.54) is 11.5 Å². The number of thioether (sulfide) groups is 1. The largest absolute Gasteiger partial charge is 0.444 e. The summed E-state index contributed by atoms with van der Waals surface area (Å²) in [6, 6.07) is 2.03. The van der Waals surface area contributed by atoms with E-state index >= 15 is 0 Å². The predicted molar refractivity (Wildman–Crippen MR) is 90.7 cm³/mol. The molecule has 3 rings (SSSR count). The van der Waals surface area contributed by atoms with Crippen LogP contribution in [0.2, 0.25) is 0 Å². The number of likely N-dealkylation sites (tertiary alicyclic amines) is 1. The number of aliphatic imine (C=N–C) groups is 1. The summed E-state index contributed by atoms with van der Waals surface area (Å²) in [5, 5.41) is 1.08. The highest BCUT2D eigenvalue weighted by molar-refractivity contribution is 8.13. The number of nitrogens with zero attached hydrogens (tertiary/aromatic N) is 3. The van der Waals surface area contributed by atoms with Gasteiger partial charge in [-0.15, -0.1) is 11.8 Å². The summed E-state index contributed by atoms with van der Waals surface area (Å²) < 4.78 is 9.77. The van der Waals surface area contributed by atoms with Crippen molar-refractivity contribution in [1.82, 2.24) is 9.27 Å². The summed E-state index contributed by atoms with van der Waals surface area (Å²) >= 11 is 3.25. The Balaban J connectivity index is 1.89. The average Bonchev–Trinajstić information content (AvgIpc) is 3.03. The van der Waals surface area contributed by atoms with Gasteiger partial charge in [-0.3, -0.25) is 4.99 Å². The van der Waals surface area contributed by atoms with Gasteiger partial charge in [0.1, 0.15) is 11.1 Å². The SMILES string of the molecule is CC1=NC2(c3ccns3)CN(C(=O)OC(C)(C)C)CC2CS1. The molecule has 5 nitrogen and oxygen atoms in total. The minimum Gasteiger partial charge on any atom is -0.444 e. The van der Waals surface area contributed by atoms with E-state index in [1.807, 2.05) is 40.0 Å². The van der Waals surface area contributed by atoms with Gasteiger partial charge in [0.2, 0.25) is 0 Å². The molecular formula is C15H21N3O2S2. The van der Waals surface area contributed by atoms with Gasteiger partial charge in [0, 0.05) is 24.4 Å². The molecule has 2 unspecified atom stereocenters. The molecule has 1 aromatic heterocycles. The standard InChI is InChI=1S/C15H21N3O2S2/c1-10-17-15(12-5-6-16-22-12)9-18(7-11(15)8-21-10)13(19)20-14(2,3)4/h5-6,11H,7-9H2,1-4H3. The number of carbonyl (C=O) groups excluding carboxylic acids is 1. The smallest absolute Gasteiger partial charge is 0.410 e. The van der Waals surface area contributed by atoms with Crippen LogP contribution in [0.1, 0.15) is 32.6 Å². The molecule has 1 saturated heterocycles. The molecule has 0 aromatic carbocycles. The maximum Gasteiger partial charge on any atom is 0.410 e. The predicted octanol–water partition coefficient (Wildman–Crippen LogP) is 3.37. The summed E-state index contributed by atoms with van der Waals surface area (Å²) in [5.41, 5.74) is -0.816. The van der Waals surface area contributed by atoms with Gasteiger partial charge < -0.3 is 9.64 Å². The molecule has 0 spiro atoms. The number of rotatable bonds is 1. The lowest BCUT2D eigenvalue weighted by molar-refractivity contribution is 0.0282. The number of carbonyl (C=O) groups is 1. The first-order chi connectivity index (χ1) is 10.3. The van der Waals surface area contributed by atoms with Crippen LogP contribution in [-0.2, 0) is 10.3 Å². The van der Waals surface area contributed by atoms with E-state index in [-0.39, 0.29) is 11.6 Å². The van der Waals surface area contributed by atoms with Crippen LogP contribution >= 0.6 is 23.3 Å². The maximum atomic E-state index is 12.4. The average molecular weight is 339 g/mol. The lowest BCUT2D eigenvalue weighted by atomic mass is 9.87. The Bertz CT molecular complexity index is 594. The van der Waals surface area contributed by atoms with Crippen LogP contribution in [-0.4, -0.2) is 44.9 Å². The molecule has 0 saturated carbocycles. The van der Waals surface area contributed by atoms with Crippen molar-refractivity contribution >= 4 is 34.4 Å². The number of aromatic nitrogens is 1. The number of hydrogen-bond donors (Lipinski definition) is 0. The Morgan fingerprint density at radius 3 is 2.91 bits per heavy atom. The first-order valence-electron chi connectivity index (χ1n) is 7.38. The van der Waals surface area contributed by atoms with Gasteiger partial charge in [0.05, 0.1) is 16.5 Å². The lowest BCUT2D eigenvalue weighted by Crippen LogP contribution is -2.39. The quantitative estimate of drug-likeness (QED) is 0.787. The molecule has 1 aromatic rings. The zero-order chi connectivity index (χ0) is 16.0. The van der Waals surface area contributed by atoms with Gasteiger partial charge in [-0.05, 0) is 45.3 Å². The Labute approximate surface area is 139 Å². The summed E-state index contributed by atoms with van der Waals surface area (Å²) in [4.78, 5) is 20.3. The third-order valence-corrected chi connectivity index (χ3v) is 5.91. The molecule has 0 aliphatic carbocycles. The summed E-state index contributed by atoms with van der Waals surface area (Å²) in [7, 11) is 0. The highest BCUT2D eigenvalue weighted by Crippen LogP contribution is 2.47. The Morgan fingerprint density at radius 1 is 1.50 bits per heavy atom. The fourth-order valence-corrected chi connectivity index (χ4v) is 4.84.